The molecule has 110 valence electrons. The molecule has 0 aliphatic heterocycles. The van der Waals surface area contributed by atoms with Gasteiger partial charge in [-0.1, -0.05) is 6.07 Å². The minimum atomic E-state index is -0.876. The minimum absolute atomic E-state index is 0.202. The highest BCUT2D eigenvalue weighted by Crippen LogP contribution is 2.19. The lowest BCUT2D eigenvalue weighted by molar-refractivity contribution is 0.0549. The van der Waals surface area contributed by atoms with Gasteiger partial charge in [0.05, 0.1) is 19.7 Å². The summed E-state index contributed by atoms with van der Waals surface area (Å²) >= 11 is 0. The highest BCUT2D eigenvalue weighted by molar-refractivity contribution is 6.05. The maximum absolute atomic E-state index is 12.6. The topological polar surface area (TPSA) is 85.5 Å². The molecular formula is C15H15NO5. The molecule has 6 nitrogen and oxygen atoms in total. The van der Waals surface area contributed by atoms with Crippen LogP contribution in [0, 0.1) is 13.8 Å². The maximum Gasteiger partial charge on any atom is 0.355 e. The van der Waals surface area contributed by atoms with Gasteiger partial charge in [0.15, 0.2) is 0 Å². The average molecular weight is 289 g/mol. The van der Waals surface area contributed by atoms with Crippen molar-refractivity contribution in [3.05, 3.63) is 44.7 Å². The fourth-order valence-corrected chi connectivity index (χ4v) is 2.36. The molecule has 2 rings (SSSR count). The number of nitrogens with one attached hydrogen (secondary N) is 1. The number of carbonyl (C=O) groups is 2. The third-order valence-electron chi connectivity index (χ3n) is 3.22. The molecule has 0 fully saturated rings. The van der Waals surface area contributed by atoms with Crippen LogP contribution in [0.2, 0.25) is 0 Å². The van der Waals surface area contributed by atoms with Crippen molar-refractivity contribution in [1.29, 1.82) is 0 Å². The van der Waals surface area contributed by atoms with Crippen molar-refractivity contribution >= 4 is 22.8 Å². The number of aromatic amines is 1. The van der Waals surface area contributed by atoms with Crippen molar-refractivity contribution in [3.63, 3.8) is 0 Å². The van der Waals surface area contributed by atoms with Crippen molar-refractivity contribution in [2.45, 2.75) is 13.8 Å². The van der Waals surface area contributed by atoms with Crippen LogP contribution in [0.5, 0.6) is 0 Å². The van der Waals surface area contributed by atoms with E-state index in [2.05, 4.69) is 14.5 Å². The number of aromatic nitrogens is 1. The third-order valence-corrected chi connectivity index (χ3v) is 3.22. The van der Waals surface area contributed by atoms with Gasteiger partial charge in [0, 0.05) is 5.39 Å². The number of ether oxygens (including phenoxy) is 2. The summed E-state index contributed by atoms with van der Waals surface area (Å²) in [6.45, 7) is 3.64. The molecule has 0 saturated carbocycles. The van der Waals surface area contributed by atoms with Crippen molar-refractivity contribution in [2.24, 2.45) is 0 Å². The van der Waals surface area contributed by atoms with Gasteiger partial charge in [-0.25, -0.2) is 9.59 Å². The molecular weight excluding hydrogens is 274 g/mol. The number of pyridine rings is 1. The van der Waals surface area contributed by atoms with E-state index in [1.165, 1.54) is 7.11 Å². The molecule has 0 spiro atoms. The molecule has 0 aliphatic carbocycles. The smallest absolute Gasteiger partial charge is 0.355 e. The van der Waals surface area contributed by atoms with Crippen LogP contribution >= 0.6 is 0 Å². The highest BCUT2D eigenvalue weighted by Gasteiger charge is 2.25. The molecule has 1 aromatic heterocycles. The Morgan fingerprint density at radius 2 is 1.67 bits per heavy atom. The Bertz CT molecular complexity index is 804. The van der Waals surface area contributed by atoms with Gasteiger partial charge in [0.2, 0.25) is 5.43 Å². The van der Waals surface area contributed by atoms with Crippen molar-refractivity contribution < 1.29 is 19.1 Å². The Morgan fingerprint density at radius 1 is 1.05 bits per heavy atom. The van der Waals surface area contributed by atoms with Gasteiger partial charge in [-0.2, -0.15) is 0 Å². The number of fused-ring (bicyclic) bond motifs is 1. The number of esters is 2. The Hall–Kier alpha value is -2.63. The molecule has 0 amide bonds. The fourth-order valence-electron chi connectivity index (χ4n) is 2.36. The molecule has 0 aliphatic rings. The van der Waals surface area contributed by atoms with Crippen LogP contribution in [0.1, 0.15) is 32.0 Å². The Kier molecular flexibility index (Phi) is 3.80. The molecule has 1 N–H and O–H groups in total. The van der Waals surface area contributed by atoms with Crippen LogP contribution in [-0.2, 0) is 9.47 Å². The van der Waals surface area contributed by atoms with Crippen molar-refractivity contribution in [3.8, 4) is 0 Å². The van der Waals surface area contributed by atoms with Gasteiger partial charge in [0.25, 0.3) is 0 Å². The lowest BCUT2D eigenvalue weighted by Gasteiger charge is -2.10. The van der Waals surface area contributed by atoms with E-state index in [4.69, 9.17) is 0 Å². The molecule has 0 radical (unpaired) electrons. The van der Waals surface area contributed by atoms with Crippen LogP contribution in [-0.4, -0.2) is 31.1 Å². The molecule has 0 bridgehead atoms. The summed E-state index contributed by atoms with van der Waals surface area (Å²) in [7, 11) is 2.32. The van der Waals surface area contributed by atoms with Gasteiger partial charge in [-0.05, 0) is 31.0 Å². The summed E-state index contributed by atoms with van der Waals surface area (Å²) in [5.41, 5.74) is 1.03. The summed E-state index contributed by atoms with van der Waals surface area (Å²) in [6, 6.07) is 3.56. The average Bonchev–Trinajstić information content (AvgIpc) is 2.44. The fraction of sp³-hybridized carbons (Fsp3) is 0.267. The molecule has 0 saturated heterocycles. The van der Waals surface area contributed by atoms with E-state index in [1.54, 1.807) is 13.0 Å². The number of methoxy groups -OCH3 is 2. The predicted octanol–water partition coefficient (Wildman–Crippen LogP) is 1.72. The van der Waals surface area contributed by atoms with E-state index in [1.807, 2.05) is 13.0 Å². The zero-order chi connectivity index (χ0) is 15.7. The van der Waals surface area contributed by atoms with E-state index in [0.29, 0.717) is 16.5 Å². The first-order valence-electron chi connectivity index (χ1n) is 6.24. The first-order chi connectivity index (χ1) is 9.90. The summed E-state index contributed by atoms with van der Waals surface area (Å²) in [5, 5.41) is 0.355. The van der Waals surface area contributed by atoms with Gasteiger partial charge >= 0.3 is 11.9 Å². The Balaban J connectivity index is 2.98. The summed E-state index contributed by atoms with van der Waals surface area (Å²) < 4.78 is 9.22. The zero-order valence-corrected chi connectivity index (χ0v) is 12.2. The maximum atomic E-state index is 12.6. The quantitative estimate of drug-likeness (QED) is 0.851. The zero-order valence-electron chi connectivity index (χ0n) is 12.2. The number of aryl methyl sites for hydroxylation is 2. The van der Waals surface area contributed by atoms with Gasteiger partial charge in [-0.15, -0.1) is 0 Å². The molecule has 21 heavy (non-hydrogen) atoms. The number of benzene rings is 1. The molecule has 2 aromatic rings. The lowest BCUT2D eigenvalue weighted by atomic mass is 10.0. The van der Waals surface area contributed by atoms with Crippen LogP contribution in [0.3, 0.4) is 0 Å². The highest BCUT2D eigenvalue weighted by atomic mass is 16.5. The molecule has 0 unspecified atom stereocenters. The van der Waals surface area contributed by atoms with Gasteiger partial charge < -0.3 is 14.5 Å². The molecule has 0 atom stereocenters. The van der Waals surface area contributed by atoms with Crippen molar-refractivity contribution in [1.82, 2.24) is 4.98 Å². The largest absolute Gasteiger partial charge is 0.465 e. The predicted molar refractivity (Wildman–Crippen MR) is 76.7 cm³/mol. The molecule has 1 heterocycles. The Morgan fingerprint density at radius 3 is 2.24 bits per heavy atom. The standard InChI is InChI=1S/C15H15NO5/c1-7-5-8(2)10-9(6-7)16-12(15(19)21-4)11(13(10)17)14(18)20-3/h5-6H,1-4H3,(H,16,17). The molecule has 1 aromatic carbocycles. The summed E-state index contributed by atoms with van der Waals surface area (Å²) in [6.07, 6.45) is 0. The first kappa shape index (κ1) is 14.8. The summed E-state index contributed by atoms with van der Waals surface area (Å²) in [4.78, 5) is 39.0. The van der Waals surface area contributed by atoms with E-state index in [9.17, 15) is 14.4 Å². The van der Waals surface area contributed by atoms with E-state index in [0.717, 1.165) is 12.7 Å². The van der Waals surface area contributed by atoms with Crippen LogP contribution < -0.4 is 5.43 Å². The normalized spacial score (nSPS) is 10.5. The first-order valence-corrected chi connectivity index (χ1v) is 6.24. The summed E-state index contributed by atoms with van der Waals surface area (Å²) in [5.74, 6) is -1.67. The number of H-pyrrole nitrogens is 1. The second-order valence-corrected chi connectivity index (χ2v) is 4.69. The number of hydrogen-bond donors (Lipinski definition) is 1. The van der Waals surface area contributed by atoms with Crippen LogP contribution in [0.15, 0.2) is 16.9 Å². The van der Waals surface area contributed by atoms with Crippen LogP contribution in [0.4, 0.5) is 0 Å². The second-order valence-electron chi connectivity index (χ2n) is 4.69. The SMILES string of the molecule is COC(=O)c1[nH]c2cc(C)cc(C)c2c(=O)c1C(=O)OC. The van der Waals surface area contributed by atoms with Gasteiger partial charge in [-0.3, -0.25) is 4.79 Å². The monoisotopic (exact) mass is 289 g/mol. The number of carbonyl (C=O) groups excluding carboxylic acids is 2. The van der Waals surface area contributed by atoms with Crippen LogP contribution in [0.25, 0.3) is 10.9 Å². The van der Waals surface area contributed by atoms with E-state index in [-0.39, 0.29) is 11.3 Å². The Labute approximate surface area is 120 Å². The lowest BCUT2D eigenvalue weighted by Crippen LogP contribution is -2.24. The second kappa shape index (κ2) is 5.40. The van der Waals surface area contributed by atoms with Crippen molar-refractivity contribution in [2.75, 3.05) is 14.2 Å². The minimum Gasteiger partial charge on any atom is -0.465 e. The van der Waals surface area contributed by atoms with E-state index >= 15 is 0 Å². The number of hydrogen-bond acceptors (Lipinski definition) is 5. The third kappa shape index (κ3) is 2.40. The van der Waals surface area contributed by atoms with Gasteiger partial charge in [0.1, 0.15) is 11.3 Å². The molecule has 6 heteroatoms. The van der Waals surface area contributed by atoms with E-state index < -0.39 is 17.4 Å². The number of rotatable bonds is 2.